The van der Waals surface area contributed by atoms with Gasteiger partial charge in [0.1, 0.15) is 5.78 Å². The first-order chi connectivity index (χ1) is 12.6. The van der Waals surface area contributed by atoms with Crippen LogP contribution in [0.5, 0.6) is 0 Å². The Morgan fingerprint density at radius 3 is 1.35 bits per heavy atom. The van der Waals surface area contributed by atoms with Gasteiger partial charge in [0.2, 0.25) is 0 Å². The molecular weight excluding hydrogens is 324 g/mol. The fourth-order valence-corrected chi connectivity index (χ4v) is 3.42. The number of carbonyl (C=O) groups is 1. The van der Waals surface area contributed by atoms with Crippen LogP contribution in [0.1, 0.15) is 123 Å². The number of unbranched alkanes of at least 4 members (excludes halogenated alkanes) is 14. The summed E-state index contributed by atoms with van der Waals surface area (Å²) in [7, 11) is 0. The van der Waals surface area contributed by atoms with Crippen molar-refractivity contribution in [1.82, 2.24) is 0 Å². The molecule has 0 unspecified atom stereocenters. The van der Waals surface area contributed by atoms with Crippen LogP contribution in [0.4, 0.5) is 0 Å². The smallest absolute Gasteiger partial charge is 0.133 e. The molecule has 2 N–H and O–H groups in total. The lowest BCUT2D eigenvalue weighted by atomic mass is 9.85. The van der Waals surface area contributed by atoms with Crippen molar-refractivity contribution >= 4 is 5.78 Å². The molecule has 0 aromatic carbocycles. The summed E-state index contributed by atoms with van der Waals surface area (Å²) >= 11 is 0. The second-order valence-corrected chi connectivity index (χ2v) is 8.54. The van der Waals surface area contributed by atoms with E-state index in [-0.39, 0.29) is 19.0 Å². The van der Waals surface area contributed by atoms with Crippen molar-refractivity contribution < 1.29 is 15.0 Å². The number of hydrogen-bond acceptors (Lipinski definition) is 3. The molecule has 0 radical (unpaired) electrons. The quantitative estimate of drug-likeness (QED) is 0.251. The molecule has 156 valence electrons. The standard InChI is InChI=1S/C23H46O3/c1-3-4-5-6-7-8-9-10-11-12-13-14-15-16-17-18-22(26)19-23(2,20-24)21-25/h24-25H,3-21H2,1-2H3. The van der Waals surface area contributed by atoms with Crippen molar-refractivity contribution in [2.75, 3.05) is 13.2 Å². The van der Waals surface area contributed by atoms with Crippen LogP contribution in [-0.4, -0.2) is 29.2 Å². The summed E-state index contributed by atoms with van der Waals surface area (Å²) in [5.74, 6) is 0.172. The molecule has 0 heterocycles. The van der Waals surface area contributed by atoms with Gasteiger partial charge >= 0.3 is 0 Å². The number of Topliss-reactive ketones (excluding diaryl/α,β-unsaturated/α-hetero) is 1. The minimum atomic E-state index is -0.646. The van der Waals surface area contributed by atoms with Gasteiger partial charge in [-0.3, -0.25) is 4.79 Å². The predicted octanol–water partition coefficient (Wildman–Crippen LogP) is 6.20. The first kappa shape index (κ1) is 25.6. The third kappa shape index (κ3) is 15.8. The Bertz CT molecular complexity index is 311. The maximum atomic E-state index is 11.9. The second-order valence-electron chi connectivity index (χ2n) is 8.54. The zero-order chi connectivity index (χ0) is 19.5. The van der Waals surface area contributed by atoms with Gasteiger partial charge in [0, 0.05) is 18.3 Å². The molecule has 26 heavy (non-hydrogen) atoms. The van der Waals surface area contributed by atoms with Crippen molar-refractivity contribution in [1.29, 1.82) is 0 Å². The van der Waals surface area contributed by atoms with E-state index in [1.165, 1.54) is 83.5 Å². The van der Waals surface area contributed by atoms with E-state index in [4.69, 9.17) is 0 Å². The Morgan fingerprint density at radius 1 is 0.654 bits per heavy atom. The normalized spacial score (nSPS) is 11.8. The molecule has 0 amide bonds. The van der Waals surface area contributed by atoms with Crippen molar-refractivity contribution in [2.24, 2.45) is 5.41 Å². The maximum Gasteiger partial charge on any atom is 0.133 e. The van der Waals surface area contributed by atoms with E-state index >= 15 is 0 Å². The largest absolute Gasteiger partial charge is 0.396 e. The van der Waals surface area contributed by atoms with E-state index in [1.54, 1.807) is 6.92 Å². The van der Waals surface area contributed by atoms with E-state index < -0.39 is 5.41 Å². The molecule has 0 saturated heterocycles. The van der Waals surface area contributed by atoms with Gasteiger partial charge in [-0.05, 0) is 6.42 Å². The first-order valence-corrected chi connectivity index (χ1v) is 11.3. The number of carbonyl (C=O) groups excluding carboxylic acids is 1. The molecule has 0 spiro atoms. The van der Waals surface area contributed by atoms with Gasteiger partial charge in [-0.2, -0.15) is 0 Å². The van der Waals surface area contributed by atoms with Crippen molar-refractivity contribution in [3.8, 4) is 0 Å². The molecule has 0 saturated carbocycles. The minimum absolute atomic E-state index is 0.131. The van der Waals surface area contributed by atoms with Gasteiger partial charge in [-0.15, -0.1) is 0 Å². The first-order valence-electron chi connectivity index (χ1n) is 11.3. The number of hydrogen-bond donors (Lipinski definition) is 2. The number of aliphatic hydroxyl groups is 2. The van der Waals surface area contributed by atoms with Gasteiger partial charge < -0.3 is 10.2 Å². The predicted molar refractivity (Wildman–Crippen MR) is 111 cm³/mol. The molecule has 0 aliphatic carbocycles. The number of ketones is 1. The van der Waals surface area contributed by atoms with E-state index in [1.807, 2.05) is 0 Å². The lowest BCUT2D eigenvalue weighted by Gasteiger charge is -2.23. The van der Waals surface area contributed by atoms with Gasteiger partial charge in [0.05, 0.1) is 13.2 Å². The van der Waals surface area contributed by atoms with Crippen LogP contribution in [0, 0.1) is 5.41 Å². The molecule has 0 fully saturated rings. The van der Waals surface area contributed by atoms with Crippen LogP contribution in [0.15, 0.2) is 0 Å². The highest BCUT2D eigenvalue weighted by molar-refractivity contribution is 5.79. The minimum Gasteiger partial charge on any atom is -0.396 e. The summed E-state index contributed by atoms with van der Waals surface area (Å²) in [5.41, 5.74) is -0.646. The van der Waals surface area contributed by atoms with Gasteiger partial charge in [-0.25, -0.2) is 0 Å². The number of aliphatic hydroxyl groups excluding tert-OH is 2. The lowest BCUT2D eigenvalue weighted by molar-refractivity contribution is -0.122. The molecule has 0 aromatic heterocycles. The zero-order valence-electron chi connectivity index (χ0n) is 17.7. The Hall–Kier alpha value is -0.410. The summed E-state index contributed by atoms with van der Waals surface area (Å²) in [4.78, 5) is 11.9. The summed E-state index contributed by atoms with van der Waals surface area (Å²) in [6, 6.07) is 0. The van der Waals surface area contributed by atoms with E-state index in [0.717, 1.165) is 12.8 Å². The Kier molecular flexibility index (Phi) is 17.7. The molecule has 0 aliphatic rings. The van der Waals surface area contributed by atoms with Gasteiger partial charge in [0.15, 0.2) is 0 Å². The highest BCUT2D eigenvalue weighted by Crippen LogP contribution is 2.21. The maximum absolute atomic E-state index is 11.9. The second kappa shape index (κ2) is 18.0. The van der Waals surface area contributed by atoms with E-state index in [0.29, 0.717) is 12.8 Å². The summed E-state index contributed by atoms with van der Waals surface area (Å²) in [6.45, 7) is 3.77. The molecule has 0 aromatic rings. The van der Waals surface area contributed by atoms with Crippen molar-refractivity contribution in [3.63, 3.8) is 0 Å². The summed E-state index contributed by atoms with van der Waals surface area (Å²) in [6.07, 6.45) is 20.8. The third-order valence-corrected chi connectivity index (χ3v) is 5.45. The van der Waals surface area contributed by atoms with Crippen molar-refractivity contribution in [2.45, 2.75) is 123 Å². The molecule has 0 aliphatic heterocycles. The lowest BCUT2D eigenvalue weighted by Crippen LogP contribution is -2.29. The van der Waals surface area contributed by atoms with Crippen LogP contribution in [0.25, 0.3) is 0 Å². The van der Waals surface area contributed by atoms with Crippen LogP contribution in [0.3, 0.4) is 0 Å². The summed E-state index contributed by atoms with van der Waals surface area (Å²) in [5, 5.41) is 18.5. The number of rotatable bonds is 20. The third-order valence-electron chi connectivity index (χ3n) is 5.45. The molecule has 0 rings (SSSR count). The Labute approximate surface area is 163 Å². The average Bonchev–Trinajstić information content (AvgIpc) is 2.64. The molecule has 0 bridgehead atoms. The van der Waals surface area contributed by atoms with Crippen LogP contribution in [-0.2, 0) is 4.79 Å². The average molecular weight is 371 g/mol. The topological polar surface area (TPSA) is 57.5 Å². The highest BCUT2D eigenvalue weighted by atomic mass is 16.3. The van der Waals surface area contributed by atoms with Crippen LogP contribution in [0.2, 0.25) is 0 Å². The van der Waals surface area contributed by atoms with E-state index in [9.17, 15) is 15.0 Å². The van der Waals surface area contributed by atoms with Crippen molar-refractivity contribution in [3.05, 3.63) is 0 Å². The van der Waals surface area contributed by atoms with E-state index in [2.05, 4.69) is 6.92 Å². The fourth-order valence-electron chi connectivity index (χ4n) is 3.42. The molecular formula is C23H46O3. The summed E-state index contributed by atoms with van der Waals surface area (Å²) < 4.78 is 0. The highest BCUT2D eigenvalue weighted by Gasteiger charge is 2.25. The Balaban J connectivity index is 3.28. The fraction of sp³-hybridized carbons (Fsp3) is 0.957. The molecule has 3 heteroatoms. The molecule has 0 atom stereocenters. The van der Waals surface area contributed by atoms with Gasteiger partial charge in [-0.1, -0.05) is 104 Å². The molecule has 3 nitrogen and oxygen atoms in total. The van der Waals surface area contributed by atoms with Crippen LogP contribution < -0.4 is 0 Å². The zero-order valence-corrected chi connectivity index (χ0v) is 17.7. The monoisotopic (exact) mass is 370 g/mol. The SMILES string of the molecule is CCCCCCCCCCCCCCCCCC(=O)CC(C)(CO)CO. The van der Waals surface area contributed by atoms with Crippen LogP contribution >= 0.6 is 0 Å². The van der Waals surface area contributed by atoms with Gasteiger partial charge in [0.25, 0.3) is 0 Å². The Morgan fingerprint density at radius 2 is 1.00 bits per heavy atom.